The van der Waals surface area contributed by atoms with E-state index in [1.165, 1.54) is 24.3 Å². The fourth-order valence-electron chi connectivity index (χ4n) is 1.24. The average Bonchev–Trinajstić information content (AvgIpc) is 2.38. The third-order valence-corrected chi connectivity index (χ3v) is 2.83. The van der Waals surface area contributed by atoms with E-state index in [0.717, 1.165) is 0 Å². The lowest BCUT2D eigenvalue weighted by molar-refractivity contribution is 0.281. The highest BCUT2D eigenvalue weighted by Crippen LogP contribution is 2.37. The first-order valence-electron chi connectivity index (χ1n) is 5.76. The Morgan fingerprint density at radius 1 is 0.583 bits per heavy atom. The topological polar surface area (TPSA) is 134 Å². The van der Waals surface area contributed by atoms with Crippen molar-refractivity contribution >= 4 is 40.5 Å². The maximum Gasteiger partial charge on any atom is 0.524 e. The normalized spacial score (nSPS) is 10.2. The molecule has 0 spiro atoms. The number of phosphoric acid groups is 2. The minimum Gasteiger partial charge on any atom is -0.404 e. The molecule has 2 aromatic carbocycles. The van der Waals surface area contributed by atoms with Crippen LogP contribution in [0.2, 0.25) is 0 Å². The van der Waals surface area contributed by atoms with Gasteiger partial charge in [-0.3, -0.25) is 19.6 Å². The zero-order valence-electron chi connectivity index (χ0n) is 11.9. The van der Waals surface area contributed by atoms with Crippen LogP contribution in [0.4, 0.5) is 0 Å². The van der Waals surface area contributed by atoms with Crippen molar-refractivity contribution in [1.82, 2.24) is 0 Å². The standard InChI is InChI=1S/2C6H7O4P.2ClH/c2*7-11(8,9)10-6-4-2-1-3-5-6;;/h2*1-5H,(H2,7,8,9);2*1H. The number of para-hydroxylation sites is 2. The van der Waals surface area contributed by atoms with Crippen molar-refractivity contribution in [2.75, 3.05) is 0 Å². The molecule has 0 aromatic heterocycles. The first-order chi connectivity index (χ1) is 10.2. The molecule has 136 valence electrons. The molecule has 2 aromatic rings. The predicted octanol–water partition coefficient (Wildman–Crippen LogP) is 3.16. The van der Waals surface area contributed by atoms with Gasteiger partial charge in [-0.2, -0.15) is 0 Å². The zero-order chi connectivity index (χ0) is 16.6. The molecule has 0 aliphatic heterocycles. The van der Waals surface area contributed by atoms with Crippen LogP contribution in [0.15, 0.2) is 60.7 Å². The lowest BCUT2D eigenvalue weighted by Gasteiger charge is -2.04. The summed E-state index contributed by atoms with van der Waals surface area (Å²) in [6.45, 7) is 0. The van der Waals surface area contributed by atoms with E-state index in [1.807, 2.05) is 0 Å². The zero-order valence-corrected chi connectivity index (χ0v) is 15.3. The lowest BCUT2D eigenvalue weighted by atomic mass is 10.3. The molecule has 2 rings (SSSR count). The third-order valence-electron chi connectivity index (χ3n) is 1.94. The van der Waals surface area contributed by atoms with Crippen LogP contribution in [0.5, 0.6) is 11.5 Å². The van der Waals surface area contributed by atoms with Gasteiger partial charge < -0.3 is 9.05 Å². The van der Waals surface area contributed by atoms with Crippen LogP contribution in [-0.4, -0.2) is 19.6 Å². The van der Waals surface area contributed by atoms with Crippen molar-refractivity contribution in [3.05, 3.63) is 60.7 Å². The molecule has 4 N–H and O–H groups in total. The molecule has 0 aliphatic rings. The van der Waals surface area contributed by atoms with E-state index < -0.39 is 15.6 Å². The van der Waals surface area contributed by atoms with Crippen LogP contribution < -0.4 is 9.05 Å². The van der Waals surface area contributed by atoms with Gasteiger partial charge in [0.25, 0.3) is 0 Å². The second kappa shape index (κ2) is 11.5. The molecular formula is C12H16Cl2O8P2. The van der Waals surface area contributed by atoms with Gasteiger partial charge in [0.05, 0.1) is 0 Å². The summed E-state index contributed by atoms with van der Waals surface area (Å²) in [4.78, 5) is 33.4. The second-order valence-corrected chi connectivity index (χ2v) is 6.12. The van der Waals surface area contributed by atoms with Gasteiger partial charge in [-0.25, -0.2) is 9.13 Å². The average molecular weight is 421 g/mol. The molecule has 0 fully saturated rings. The van der Waals surface area contributed by atoms with Crippen LogP contribution in [0.25, 0.3) is 0 Å². The molecule has 0 heterocycles. The van der Waals surface area contributed by atoms with Crippen LogP contribution in [-0.2, 0) is 9.13 Å². The van der Waals surface area contributed by atoms with E-state index in [0.29, 0.717) is 0 Å². The van der Waals surface area contributed by atoms with E-state index in [-0.39, 0.29) is 36.3 Å². The molecular weight excluding hydrogens is 405 g/mol. The van der Waals surface area contributed by atoms with Gasteiger partial charge in [-0.15, -0.1) is 24.8 Å². The molecule has 0 saturated heterocycles. The summed E-state index contributed by atoms with van der Waals surface area (Å²) in [6, 6.07) is 15.9. The maximum absolute atomic E-state index is 10.3. The van der Waals surface area contributed by atoms with E-state index >= 15 is 0 Å². The second-order valence-electron chi connectivity index (χ2n) is 3.79. The van der Waals surface area contributed by atoms with Gasteiger partial charge in [0.1, 0.15) is 11.5 Å². The third kappa shape index (κ3) is 13.4. The summed E-state index contributed by atoms with van der Waals surface area (Å²) >= 11 is 0. The fraction of sp³-hybridized carbons (Fsp3) is 0. The van der Waals surface area contributed by atoms with Crippen molar-refractivity contribution in [3.8, 4) is 11.5 Å². The Morgan fingerprint density at radius 2 is 0.833 bits per heavy atom. The van der Waals surface area contributed by atoms with E-state index in [2.05, 4.69) is 9.05 Å². The molecule has 0 bridgehead atoms. The monoisotopic (exact) mass is 420 g/mol. The highest BCUT2D eigenvalue weighted by molar-refractivity contribution is 7.47. The van der Waals surface area contributed by atoms with Crippen molar-refractivity contribution in [1.29, 1.82) is 0 Å². The summed E-state index contributed by atoms with van der Waals surface area (Å²) in [6.07, 6.45) is 0. The minimum absolute atomic E-state index is 0. The molecule has 0 amide bonds. The highest BCUT2D eigenvalue weighted by Gasteiger charge is 2.15. The Hall–Kier alpha value is -1.08. The molecule has 0 aliphatic carbocycles. The Balaban J connectivity index is 0. The number of benzene rings is 2. The molecule has 0 saturated carbocycles. The highest BCUT2D eigenvalue weighted by atomic mass is 35.5. The quantitative estimate of drug-likeness (QED) is 0.554. The SMILES string of the molecule is Cl.Cl.O=P(O)(O)Oc1ccccc1.O=P(O)(O)Oc1ccccc1. The largest absolute Gasteiger partial charge is 0.524 e. The number of hydrogen-bond acceptors (Lipinski definition) is 4. The Bertz CT molecular complexity index is 600. The van der Waals surface area contributed by atoms with Gasteiger partial charge >= 0.3 is 15.6 Å². The van der Waals surface area contributed by atoms with Crippen molar-refractivity contribution < 1.29 is 37.8 Å². The van der Waals surface area contributed by atoms with Crippen molar-refractivity contribution in [2.45, 2.75) is 0 Å². The molecule has 0 unspecified atom stereocenters. The molecule has 24 heavy (non-hydrogen) atoms. The van der Waals surface area contributed by atoms with Gasteiger partial charge in [-0.05, 0) is 24.3 Å². The Kier molecular flexibility index (Phi) is 12.0. The first-order valence-corrected chi connectivity index (χ1v) is 8.82. The number of phosphoric ester groups is 2. The van der Waals surface area contributed by atoms with Crippen LogP contribution >= 0.6 is 40.5 Å². The lowest BCUT2D eigenvalue weighted by Crippen LogP contribution is -1.88. The molecule has 0 atom stereocenters. The summed E-state index contributed by atoms with van der Waals surface area (Å²) in [5.74, 6) is 0.335. The van der Waals surface area contributed by atoms with E-state index in [1.54, 1.807) is 36.4 Å². The van der Waals surface area contributed by atoms with E-state index in [4.69, 9.17) is 19.6 Å². The van der Waals surface area contributed by atoms with Gasteiger partial charge in [0.15, 0.2) is 0 Å². The minimum atomic E-state index is -4.39. The molecule has 0 radical (unpaired) electrons. The smallest absolute Gasteiger partial charge is 0.404 e. The summed E-state index contributed by atoms with van der Waals surface area (Å²) in [5.41, 5.74) is 0. The summed E-state index contributed by atoms with van der Waals surface area (Å²) in [5, 5.41) is 0. The van der Waals surface area contributed by atoms with Gasteiger partial charge in [0, 0.05) is 0 Å². The van der Waals surface area contributed by atoms with Crippen molar-refractivity contribution in [2.24, 2.45) is 0 Å². The summed E-state index contributed by atoms with van der Waals surface area (Å²) in [7, 11) is -8.78. The molecule has 8 nitrogen and oxygen atoms in total. The van der Waals surface area contributed by atoms with Gasteiger partial charge in [-0.1, -0.05) is 36.4 Å². The first kappa shape index (κ1) is 25.2. The maximum atomic E-state index is 10.3. The van der Waals surface area contributed by atoms with Crippen LogP contribution in [0.3, 0.4) is 0 Å². The number of halogens is 2. The summed E-state index contributed by atoms with van der Waals surface area (Å²) < 4.78 is 29.1. The Labute approximate surface area is 150 Å². The number of rotatable bonds is 4. The predicted molar refractivity (Wildman–Crippen MR) is 92.7 cm³/mol. The Morgan fingerprint density at radius 3 is 1.04 bits per heavy atom. The van der Waals surface area contributed by atoms with Crippen LogP contribution in [0.1, 0.15) is 0 Å². The van der Waals surface area contributed by atoms with Gasteiger partial charge in [0.2, 0.25) is 0 Å². The molecule has 12 heteroatoms. The number of hydrogen-bond donors (Lipinski definition) is 4. The fourth-order valence-corrected chi connectivity index (χ4v) is 2.03. The van der Waals surface area contributed by atoms with E-state index in [9.17, 15) is 9.13 Å². The van der Waals surface area contributed by atoms with Crippen LogP contribution in [0, 0.1) is 0 Å². The van der Waals surface area contributed by atoms with Crippen molar-refractivity contribution in [3.63, 3.8) is 0 Å².